The minimum Gasteiger partial charge on any atom is -0.361 e. The molecule has 0 N–H and O–H groups in total. The summed E-state index contributed by atoms with van der Waals surface area (Å²) < 4.78 is 51.5. The number of hydrogen-bond acceptors (Lipinski definition) is 4. The van der Waals surface area contributed by atoms with Crippen molar-refractivity contribution in [3.05, 3.63) is 41.9 Å². The molecule has 0 heterocycles. The van der Waals surface area contributed by atoms with Crippen molar-refractivity contribution in [3.8, 4) is 0 Å². The summed E-state index contributed by atoms with van der Waals surface area (Å²) in [5.74, 6) is 0. The Morgan fingerprint density at radius 3 is 2.32 bits per heavy atom. The summed E-state index contributed by atoms with van der Waals surface area (Å²) in [6.45, 7) is 0. The molecule has 0 unspecified atom stereocenters. The highest BCUT2D eigenvalue weighted by Gasteiger charge is 2.35. The van der Waals surface area contributed by atoms with Crippen LogP contribution in [0.1, 0.15) is 32.1 Å². The summed E-state index contributed by atoms with van der Waals surface area (Å²) in [7, 11) is -8.02. The van der Waals surface area contributed by atoms with E-state index in [4.69, 9.17) is 5.53 Å². The van der Waals surface area contributed by atoms with E-state index in [1.807, 2.05) is 0 Å². The van der Waals surface area contributed by atoms with Crippen LogP contribution >= 0.6 is 0 Å². The maximum atomic E-state index is 13.1. The predicted octanol–water partition coefficient (Wildman–Crippen LogP) is 2.98. The Morgan fingerprint density at radius 2 is 1.64 bits per heavy atom. The van der Waals surface area contributed by atoms with Crippen molar-refractivity contribution in [2.45, 2.75) is 47.1 Å². The summed E-state index contributed by atoms with van der Waals surface area (Å²) >= 11 is 0. The number of fused-ring (bicyclic) bond motifs is 1. The molecule has 0 bridgehead atoms. The largest absolute Gasteiger partial charge is 0.374 e. The molecule has 6 nitrogen and oxygen atoms in total. The topological polar surface area (TPSA) is 105 Å². The molecule has 1 saturated carbocycles. The smallest absolute Gasteiger partial charge is 0.361 e. The maximum absolute atomic E-state index is 13.1. The van der Waals surface area contributed by atoms with Crippen molar-refractivity contribution in [3.63, 3.8) is 0 Å². The lowest BCUT2D eigenvalue weighted by atomic mass is 10.0. The average molecular weight is 378 g/mol. The highest BCUT2D eigenvalue weighted by atomic mass is 32.2. The second-order valence-corrected chi connectivity index (χ2v) is 10.1. The van der Waals surface area contributed by atoms with Crippen molar-refractivity contribution in [1.29, 1.82) is 0 Å². The van der Waals surface area contributed by atoms with Gasteiger partial charge in [0.1, 0.15) is 4.90 Å². The number of hydrogen-bond donors (Lipinski definition) is 0. The maximum Gasteiger partial charge on any atom is 0.374 e. The van der Waals surface area contributed by atoms with Gasteiger partial charge in [-0.05, 0) is 24.3 Å². The number of benzene rings is 2. The number of sulfone groups is 2. The molecule has 25 heavy (non-hydrogen) atoms. The summed E-state index contributed by atoms with van der Waals surface area (Å²) in [6, 6.07) is 9.63. The Hall–Kier alpha value is -2.02. The molecular formula is C17H18N2O4S2. The normalized spacial score (nSPS) is 16.5. The Balaban J connectivity index is 2.34. The van der Waals surface area contributed by atoms with Crippen molar-refractivity contribution in [2.24, 2.45) is 0 Å². The predicted molar refractivity (Wildman–Crippen MR) is 94.9 cm³/mol. The first-order chi connectivity index (χ1) is 11.9. The standard InChI is InChI=1S/C17H18N2O4S2/c18-19-12-24(20,21)17-15-9-5-4-6-13(15)10-11-16(17)25(22,23)14-7-2-1-3-8-14/h4-6,9-12,14H,1-3,7-8H2. The van der Waals surface area contributed by atoms with Crippen LogP contribution in [0.25, 0.3) is 16.3 Å². The van der Waals surface area contributed by atoms with Gasteiger partial charge in [0, 0.05) is 5.39 Å². The van der Waals surface area contributed by atoms with E-state index in [1.165, 1.54) is 6.07 Å². The van der Waals surface area contributed by atoms with Crippen LogP contribution in [0.15, 0.2) is 46.2 Å². The van der Waals surface area contributed by atoms with Crippen LogP contribution in [0.5, 0.6) is 0 Å². The molecule has 1 aliphatic carbocycles. The first-order valence-electron chi connectivity index (χ1n) is 8.06. The second kappa shape index (κ2) is 6.71. The van der Waals surface area contributed by atoms with Gasteiger partial charge in [-0.15, -0.1) is 0 Å². The molecule has 0 radical (unpaired) electrons. The first-order valence-corrected chi connectivity index (χ1v) is 11.2. The van der Waals surface area contributed by atoms with Gasteiger partial charge in [0.25, 0.3) is 9.84 Å². The van der Waals surface area contributed by atoms with E-state index in [0.29, 0.717) is 29.2 Å². The molecule has 1 aliphatic rings. The fourth-order valence-corrected chi connectivity index (χ4v) is 7.12. The molecule has 8 heteroatoms. The molecule has 132 valence electrons. The summed E-state index contributed by atoms with van der Waals surface area (Å²) in [5.41, 5.74) is 9.10. The zero-order valence-electron chi connectivity index (χ0n) is 13.5. The molecule has 2 aromatic carbocycles. The van der Waals surface area contributed by atoms with Crippen LogP contribution in [-0.4, -0.2) is 32.4 Å². The molecule has 2 aromatic rings. The van der Waals surface area contributed by atoms with Gasteiger partial charge in [0.05, 0.1) is 10.1 Å². The van der Waals surface area contributed by atoms with Crippen LogP contribution in [0.3, 0.4) is 0 Å². The van der Waals surface area contributed by atoms with E-state index in [9.17, 15) is 16.8 Å². The Labute approximate surface area is 146 Å². The second-order valence-electron chi connectivity index (χ2n) is 6.18. The van der Waals surface area contributed by atoms with Crippen LogP contribution in [0.4, 0.5) is 0 Å². The molecule has 0 amide bonds. The van der Waals surface area contributed by atoms with Crippen LogP contribution in [0.2, 0.25) is 0 Å². The van der Waals surface area contributed by atoms with Crippen molar-refractivity contribution in [1.82, 2.24) is 0 Å². The Bertz CT molecular complexity index is 1060. The SMILES string of the molecule is [N-]=[N+]=CS(=O)(=O)c1c(S(=O)(=O)C2CCCCC2)ccc2ccccc12. The molecule has 0 aliphatic heterocycles. The summed E-state index contributed by atoms with van der Waals surface area (Å²) in [6.07, 6.45) is 3.69. The molecular weight excluding hydrogens is 360 g/mol. The summed E-state index contributed by atoms with van der Waals surface area (Å²) in [4.78, 5) is 2.10. The highest BCUT2D eigenvalue weighted by molar-refractivity contribution is 8.05. The molecule has 1 fully saturated rings. The monoisotopic (exact) mass is 378 g/mol. The minimum atomic E-state index is -4.21. The minimum absolute atomic E-state index is 0.210. The molecule has 0 saturated heterocycles. The van der Waals surface area contributed by atoms with E-state index in [1.54, 1.807) is 30.3 Å². The van der Waals surface area contributed by atoms with E-state index in [-0.39, 0.29) is 9.79 Å². The van der Waals surface area contributed by atoms with E-state index in [0.717, 1.165) is 19.3 Å². The zero-order chi connectivity index (χ0) is 18.1. The van der Waals surface area contributed by atoms with Crippen LogP contribution < -0.4 is 0 Å². The van der Waals surface area contributed by atoms with Crippen molar-refractivity contribution in [2.75, 3.05) is 0 Å². The van der Waals surface area contributed by atoms with Crippen LogP contribution in [-0.2, 0) is 19.7 Å². The van der Waals surface area contributed by atoms with Crippen molar-refractivity contribution >= 4 is 36.0 Å². The van der Waals surface area contributed by atoms with Gasteiger partial charge >= 0.3 is 5.55 Å². The zero-order valence-corrected chi connectivity index (χ0v) is 15.1. The lowest BCUT2D eigenvalue weighted by Crippen LogP contribution is -2.26. The number of rotatable bonds is 4. The van der Waals surface area contributed by atoms with E-state index in [2.05, 4.69) is 4.79 Å². The van der Waals surface area contributed by atoms with Gasteiger partial charge in [-0.2, -0.15) is 4.79 Å². The van der Waals surface area contributed by atoms with Crippen LogP contribution in [0, 0.1) is 0 Å². The van der Waals surface area contributed by atoms with Gasteiger partial charge in [-0.1, -0.05) is 49.6 Å². The third-order valence-electron chi connectivity index (χ3n) is 4.61. The van der Waals surface area contributed by atoms with Gasteiger partial charge < -0.3 is 5.53 Å². The summed E-state index contributed by atoms with van der Waals surface area (Å²) in [5, 5.41) is 0.330. The highest BCUT2D eigenvalue weighted by Crippen LogP contribution is 2.35. The van der Waals surface area contributed by atoms with Crippen molar-refractivity contribution < 1.29 is 21.6 Å². The quantitative estimate of drug-likeness (QED) is 0.353. The number of nitrogens with zero attached hydrogens (tertiary/aromatic N) is 2. The Kier molecular flexibility index (Phi) is 4.77. The average Bonchev–Trinajstić information content (AvgIpc) is 2.61. The Morgan fingerprint density at radius 1 is 0.960 bits per heavy atom. The molecule has 0 spiro atoms. The van der Waals surface area contributed by atoms with Gasteiger partial charge in [0.15, 0.2) is 9.84 Å². The molecule has 3 rings (SSSR count). The third-order valence-corrected chi connectivity index (χ3v) is 8.42. The van der Waals surface area contributed by atoms with Gasteiger partial charge in [-0.3, -0.25) is 0 Å². The first kappa shape index (κ1) is 17.8. The van der Waals surface area contributed by atoms with E-state index >= 15 is 0 Å². The van der Waals surface area contributed by atoms with Gasteiger partial charge in [0.2, 0.25) is 0 Å². The van der Waals surface area contributed by atoms with Gasteiger partial charge in [-0.25, -0.2) is 16.8 Å². The lowest BCUT2D eigenvalue weighted by Gasteiger charge is -2.23. The van der Waals surface area contributed by atoms with E-state index < -0.39 is 24.9 Å². The fourth-order valence-electron chi connectivity index (χ4n) is 3.41. The molecule has 0 atom stereocenters. The molecule has 0 aromatic heterocycles. The fraction of sp³-hybridized carbons (Fsp3) is 0.353. The third kappa shape index (κ3) is 3.25. The lowest BCUT2D eigenvalue weighted by molar-refractivity contribution is 0.00753.